The van der Waals surface area contributed by atoms with Crippen LogP contribution in [0.3, 0.4) is 0 Å². The van der Waals surface area contributed by atoms with Gasteiger partial charge in [-0.05, 0) is 49.4 Å². The molecule has 2 heterocycles. The fraction of sp³-hybridized carbons (Fsp3) is 0.600. The predicted molar refractivity (Wildman–Crippen MR) is 99.8 cm³/mol. The summed E-state index contributed by atoms with van der Waals surface area (Å²) in [6.07, 6.45) is 2.73. The van der Waals surface area contributed by atoms with Crippen LogP contribution in [0, 0.1) is 11.7 Å². The average Bonchev–Trinajstić information content (AvgIpc) is 3.06. The van der Waals surface area contributed by atoms with Gasteiger partial charge in [-0.3, -0.25) is 9.69 Å². The first-order valence-electron chi connectivity index (χ1n) is 9.64. The van der Waals surface area contributed by atoms with Gasteiger partial charge in [-0.2, -0.15) is 0 Å². The molecule has 7 heteroatoms. The van der Waals surface area contributed by atoms with Crippen molar-refractivity contribution < 1.29 is 18.7 Å². The monoisotopic (exact) mass is 377 g/mol. The number of halogens is 1. The highest BCUT2D eigenvalue weighted by molar-refractivity contribution is 5.82. The van der Waals surface area contributed by atoms with E-state index in [1.165, 1.54) is 17.0 Å². The fourth-order valence-corrected chi connectivity index (χ4v) is 3.78. The molecule has 2 fully saturated rings. The Balaban J connectivity index is 1.42. The van der Waals surface area contributed by atoms with E-state index in [0.29, 0.717) is 25.6 Å². The minimum Gasteiger partial charge on any atom is -0.448 e. The minimum atomic E-state index is -0.401. The van der Waals surface area contributed by atoms with Crippen LogP contribution in [-0.4, -0.2) is 79.6 Å². The first kappa shape index (κ1) is 19.6. The zero-order chi connectivity index (χ0) is 19.2. The van der Waals surface area contributed by atoms with Gasteiger partial charge in [0.05, 0.1) is 6.54 Å². The van der Waals surface area contributed by atoms with Crippen LogP contribution in [0.15, 0.2) is 24.3 Å². The number of carbonyl (C=O) groups excluding carboxylic acids is 2. The molecule has 0 spiro atoms. The molecular formula is C20H28FN3O3. The maximum Gasteiger partial charge on any atom is 0.410 e. The number of cyclic esters (lactones) is 1. The molecule has 0 unspecified atom stereocenters. The van der Waals surface area contributed by atoms with E-state index in [1.807, 2.05) is 12.1 Å². The number of piperidine rings is 1. The maximum atomic E-state index is 13.0. The number of likely N-dealkylation sites (tertiary alicyclic amines) is 1. The number of hydrogen-bond donors (Lipinski definition) is 0. The van der Waals surface area contributed by atoms with Gasteiger partial charge in [0.1, 0.15) is 19.0 Å². The second-order valence-corrected chi connectivity index (χ2v) is 7.50. The van der Waals surface area contributed by atoms with E-state index in [0.717, 1.165) is 44.5 Å². The van der Waals surface area contributed by atoms with Crippen LogP contribution in [0.1, 0.15) is 18.4 Å². The molecule has 27 heavy (non-hydrogen) atoms. The summed E-state index contributed by atoms with van der Waals surface area (Å²) in [5, 5.41) is 0. The molecule has 0 radical (unpaired) electrons. The van der Waals surface area contributed by atoms with Gasteiger partial charge in [-0.15, -0.1) is 0 Å². The van der Waals surface area contributed by atoms with Crippen LogP contribution in [0.5, 0.6) is 0 Å². The van der Waals surface area contributed by atoms with Gasteiger partial charge < -0.3 is 14.5 Å². The standard InChI is InChI=1S/C20H28FN3O3/c1-22(19(25)15-24-11-12-27-20(24)26)13-17-3-2-9-23(14-17)10-8-16-4-6-18(21)7-5-16/h4-7,17H,2-3,8-15H2,1H3/t17-/m1/s1. The lowest BCUT2D eigenvalue weighted by molar-refractivity contribution is -0.131. The number of hydrogen-bond acceptors (Lipinski definition) is 4. The Bertz CT molecular complexity index is 652. The average molecular weight is 377 g/mol. The molecule has 0 N–H and O–H groups in total. The van der Waals surface area contributed by atoms with Gasteiger partial charge in [-0.1, -0.05) is 12.1 Å². The van der Waals surface area contributed by atoms with Crippen LogP contribution in [-0.2, 0) is 16.0 Å². The van der Waals surface area contributed by atoms with Crippen LogP contribution >= 0.6 is 0 Å². The Morgan fingerprint density at radius 3 is 2.78 bits per heavy atom. The van der Waals surface area contributed by atoms with Crippen LogP contribution < -0.4 is 0 Å². The number of amides is 2. The number of rotatable bonds is 7. The van der Waals surface area contributed by atoms with Crippen molar-refractivity contribution in [2.45, 2.75) is 19.3 Å². The maximum absolute atomic E-state index is 13.0. The van der Waals surface area contributed by atoms with Gasteiger partial charge in [0.15, 0.2) is 0 Å². The third-order valence-corrected chi connectivity index (χ3v) is 5.36. The highest BCUT2D eigenvalue weighted by atomic mass is 19.1. The summed E-state index contributed by atoms with van der Waals surface area (Å²) in [5.74, 6) is 0.190. The molecule has 6 nitrogen and oxygen atoms in total. The number of ether oxygens (including phenoxy) is 1. The molecule has 2 saturated heterocycles. The lowest BCUT2D eigenvalue weighted by Crippen LogP contribution is -2.44. The number of carbonyl (C=O) groups is 2. The fourth-order valence-electron chi connectivity index (χ4n) is 3.78. The van der Waals surface area contributed by atoms with Crippen LogP contribution in [0.25, 0.3) is 0 Å². The lowest BCUT2D eigenvalue weighted by Gasteiger charge is -2.35. The van der Waals surface area contributed by atoms with E-state index in [1.54, 1.807) is 11.9 Å². The molecule has 0 aromatic heterocycles. The van der Waals surface area contributed by atoms with Gasteiger partial charge in [-0.25, -0.2) is 9.18 Å². The van der Waals surface area contributed by atoms with Crippen molar-refractivity contribution in [1.82, 2.24) is 14.7 Å². The summed E-state index contributed by atoms with van der Waals surface area (Å²) in [5.41, 5.74) is 1.14. The molecule has 2 amide bonds. The third-order valence-electron chi connectivity index (χ3n) is 5.36. The quantitative estimate of drug-likeness (QED) is 0.729. The van der Waals surface area contributed by atoms with Crippen molar-refractivity contribution in [3.63, 3.8) is 0 Å². The normalized spacial score (nSPS) is 20.6. The first-order chi connectivity index (χ1) is 13.0. The van der Waals surface area contributed by atoms with E-state index in [4.69, 9.17) is 4.74 Å². The van der Waals surface area contributed by atoms with Crippen molar-refractivity contribution in [2.75, 3.05) is 52.9 Å². The molecule has 0 aliphatic carbocycles. The molecule has 0 saturated carbocycles. The zero-order valence-electron chi connectivity index (χ0n) is 15.9. The largest absolute Gasteiger partial charge is 0.448 e. The molecule has 1 aromatic rings. The number of likely N-dealkylation sites (N-methyl/N-ethyl adjacent to an activating group) is 1. The van der Waals surface area contributed by atoms with Crippen LogP contribution in [0.4, 0.5) is 9.18 Å². The first-order valence-corrected chi connectivity index (χ1v) is 9.64. The zero-order valence-corrected chi connectivity index (χ0v) is 15.9. The second kappa shape index (κ2) is 9.17. The van der Waals surface area contributed by atoms with Crippen molar-refractivity contribution in [2.24, 2.45) is 5.92 Å². The Kier molecular flexibility index (Phi) is 6.66. The van der Waals surface area contributed by atoms with Gasteiger partial charge in [0.25, 0.3) is 0 Å². The molecule has 148 valence electrons. The molecule has 3 rings (SSSR count). The van der Waals surface area contributed by atoms with E-state index in [9.17, 15) is 14.0 Å². The molecule has 1 aromatic carbocycles. The SMILES string of the molecule is CN(C[C@H]1CCCN(CCc2ccc(F)cc2)C1)C(=O)CN1CCOC1=O. The van der Waals surface area contributed by atoms with Gasteiger partial charge in [0, 0.05) is 26.7 Å². The molecule has 0 bridgehead atoms. The van der Waals surface area contributed by atoms with E-state index in [-0.39, 0.29) is 18.3 Å². The highest BCUT2D eigenvalue weighted by Gasteiger charge is 2.27. The van der Waals surface area contributed by atoms with Crippen molar-refractivity contribution >= 4 is 12.0 Å². The van der Waals surface area contributed by atoms with Gasteiger partial charge in [0.2, 0.25) is 5.91 Å². The lowest BCUT2D eigenvalue weighted by atomic mass is 9.97. The summed E-state index contributed by atoms with van der Waals surface area (Å²) in [6, 6.07) is 6.69. The molecule has 2 aliphatic heterocycles. The van der Waals surface area contributed by atoms with Crippen molar-refractivity contribution in [1.29, 1.82) is 0 Å². The molecular weight excluding hydrogens is 349 g/mol. The Labute approximate surface area is 159 Å². The topological polar surface area (TPSA) is 53.1 Å². The predicted octanol–water partition coefficient (Wildman–Crippen LogP) is 1.99. The Hall–Kier alpha value is -2.15. The summed E-state index contributed by atoms with van der Waals surface area (Å²) < 4.78 is 17.9. The summed E-state index contributed by atoms with van der Waals surface area (Å²) in [4.78, 5) is 29.5. The third kappa shape index (κ3) is 5.66. The summed E-state index contributed by atoms with van der Waals surface area (Å²) in [6.45, 7) is 4.62. The minimum absolute atomic E-state index is 0.0442. The Morgan fingerprint density at radius 1 is 1.30 bits per heavy atom. The van der Waals surface area contributed by atoms with Crippen molar-refractivity contribution in [3.8, 4) is 0 Å². The smallest absolute Gasteiger partial charge is 0.410 e. The van der Waals surface area contributed by atoms with Gasteiger partial charge >= 0.3 is 6.09 Å². The van der Waals surface area contributed by atoms with Crippen molar-refractivity contribution in [3.05, 3.63) is 35.6 Å². The van der Waals surface area contributed by atoms with E-state index >= 15 is 0 Å². The van der Waals surface area contributed by atoms with Crippen LogP contribution in [0.2, 0.25) is 0 Å². The number of benzene rings is 1. The summed E-state index contributed by atoms with van der Waals surface area (Å²) >= 11 is 0. The number of nitrogens with zero attached hydrogens (tertiary/aromatic N) is 3. The second-order valence-electron chi connectivity index (χ2n) is 7.50. The molecule has 2 aliphatic rings. The van der Waals surface area contributed by atoms with E-state index < -0.39 is 6.09 Å². The Morgan fingerprint density at radius 2 is 2.07 bits per heavy atom. The molecule has 1 atom stereocenters. The summed E-state index contributed by atoms with van der Waals surface area (Å²) in [7, 11) is 1.81. The highest BCUT2D eigenvalue weighted by Crippen LogP contribution is 2.18. The van der Waals surface area contributed by atoms with E-state index in [2.05, 4.69) is 4.90 Å².